The Bertz CT molecular complexity index is 350. The molecular weight excluding hydrogens is 365 g/mol. The topological polar surface area (TPSA) is 233 Å². The molecule has 0 aliphatic heterocycles. The van der Waals surface area contributed by atoms with Gasteiger partial charge >= 0.3 is 23.5 Å². The third-order valence-corrected chi connectivity index (χ3v) is 1.05. The molecule has 1 heterocycles. The van der Waals surface area contributed by atoms with E-state index in [4.69, 9.17) is 57.7 Å². The van der Waals surface area contributed by atoms with Crippen LogP contribution in [-0.4, -0.2) is 44.0 Å². The van der Waals surface area contributed by atoms with Gasteiger partial charge in [0.15, 0.2) is 0 Å². The van der Waals surface area contributed by atoms with Gasteiger partial charge in [0.2, 0.25) is 0 Å². The zero-order valence-corrected chi connectivity index (χ0v) is 12.8. The molecule has 1 aromatic rings. The van der Waals surface area contributed by atoms with Crippen LogP contribution in [0.1, 0.15) is 0 Å². The molecule has 0 spiro atoms. The molecule has 1 rings (SSSR count). The first-order valence-electron chi connectivity index (χ1n) is 3.82. The van der Waals surface area contributed by atoms with E-state index in [1.807, 2.05) is 22.9 Å². The Morgan fingerprint density at radius 3 is 0.750 bits per heavy atom. The monoisotopic (exact) mass is 378 g/mol. The summed E-state index contributed by atoms with van der Waals surface area (Å²) in [6.45, 7) is 0. The summed E-state index contributed by atoms with van der Waals surface area (Å²) in [7, 11) is -13.9. The van der Waals surface area contributed by atoms with Gasteiger partial charge in [0.05, 0.1) is 0 Å². The highest BCUT2D eigenvalue weighted by atomic mass is 32.1. The summed E-state index contributed by atoms with van der Waals surface area (Å²) in [6, 6.07) is 4.04. The van der Waals surface area contributed by atoms with Gasteiger partial charge in [0.25, 0.3) is 0 Å². The van der Waals surface area contributed by atoms with E-state index in [1.165, 1.54) is 0 Å². The Morgan fingerprint density at radius 2 is 0.700 bits per heavy atom. The zero-order valence-electron chi connectivity index (χ0n) is 9.31. The van der Waals surface area contributed by atoms with Crippen molar-refractivity contribution >= 4 is 34.8 Å². The van der Waals surface area contributed by atoms with Crippen molar-refractivity contribution in [3.05, 3.63) is 22.9 Å². The van der Waals surface area contributed by atoms with E-state index in [0.717, 1.165) is 0 Å². The average Bonchev–Trinajstić information content (AvgIpc) is 2.45. The van der Waals surface area contributed by atoms with Crippen LogP contribution in [0.4, 0.5) is 0 Å². The second-order valence-electron chi connectivity index (χ2n) is 2.33. The SMILES string of the molecule is O=P(O)(O)O.O=P(O)(O)O.O=P(O)(O)O.c1ccsc1. The molecule has 20 heavy (non-hydrogen) atoms. The number of hydrogen-bond acceptors (Lipinski definition) is 4. The highest BCUT2D eigenvalue weighted by Gasteiger charge is 2.01. The van der Waals surface area contributed by atoms with Crippen LogP contribution in [0.5, 0.6) is 0 Å². The normalized spacial score (nSPS) is 10.8. The minimum absolute atomic E-state index is 1.71. The first kappa shape index (κ1) is 25.0. The molecule has 0 saturated heterocycles. The lowest BCUT2D eigenvalue weighted by Crippen LogP contribution is -1.66. The van der Waals surface area contributed by atoms with Crippen LogP contribution in [-0.2, 0) is 13.7 Å². The molecule has 122 valence electrons. The van der Waals surface area contributed by atoms with Gasteiger partial charge in [-0.3, -0.25) is 0 Å². The first-order chi connectivity index (χ1) is 8.50. The van der Waals surface area contributed by atoms with Gasteiger partial charge in [-0.2, -0.15) is 11.3 Å². The molecule has 0 bridgehead atoms. The van der Waals surface area contributed by atoms with Gasteiger partial charge in [0, 0.05) is 0 Å². The van der Waals surface area contributed by atoms with Crippen molar-refractivity contribution in [2.24, 2.45) is 0 Å². The number of hydrogen-bond donors (Lipinski definition) is 9. The second kappa shape index (κ2) is 11.7. The highest BCUT2D eigenvalue weighted by Crippen LogP contribution is 2.26. The maximum absolute atomic E-state index is 8.88. The predicted octanol–water partition coefficient (Wildman–Crippen LogP) is -1.04. The van der Waals surface area contributed by atoms with Crippen molar-refractivity contribution in [3.8, 4) is 0 Å². The quantitative estimate of drug-likeness (QED) is 0.246. The maximum Gasteiger partial charge on any atom is 0.466 e. The average molecular weight is 378 g/mol. The van der Waals surface area contributed by atoms with Crippen molar-refractivity contribution in [2.75, 3.05) is 0 Å². The van der Waals surface area contributed by atoms with Crippen LogP contribution in [0, 0.1) is 0 Å². The van der Waals surface area contributed by atoms with Crippen molar-refractivity contribution in [1.29, 1.82) is 0 Å². The largest absolute Gasteiger partial charge is 0.466 e. The van der Waals surface area contributed by atoms with Crippen molar-refractivity contribution in [1.82, 2.24) is 0 Å². The molecule has 0 aliphatic rings. The Hall–Kier alpha value is 0.0300. The summed E-state index contributed by atoms with van der Waals surface area (Å²) in [5.41, 5.74) is 0. The van der Waals surface area contributed by atoms with Crippen LogP contribution in [0.2, 0.25) is 0 Å². The molecule has 0 unspecified atom stereocenters. The molecular formula is C4H13O12P3S. The third kappa shape index (κ3) is 207. The fourth-order valence-corrected chi connectivity index (χ4v) is 0.680. The molecule has 0 saturated carbocycles. The standard InChI is InChI=1S/C4H4S.3H3O4P/c1-2-4-5-3-1;3*1-5(2,3)4/h1-4H;3*(H3,1,2,3,4). The fraction of sp³-hybridized carbons (Fsp3) is 0. The molecule has 0 radical (unpaired) electrons. The number of thiophene rings is 1. The lowest BCUT2D eigenvalue weighted by atomic mass is 10.7. The summed E-state index contributed by atoms with van der Waals surface area (Å²) < 4.78 is 26.6. The smallest absolute Gasteiger partial charge is 0.303 e. The summed E-state index contributed by atoms with van der Waals surface area (Å²) in [4.78, 5) is 64.7. The summed E-state index contributed by atoms with van der Waals surface area (Å²) in [5, 5.41) is 4.08. The Labute approximate surface area is 116 Å². The minimum Gasteiger partial charge on any atom is -0.303 e. The Balaban J connectivity index is -0.000000193. The molecule has 0 aliphatic carbocycles. The van der Waals surface area contributed by atoms with Crippen LogP contribution in [0.25, 0.3) is 0 Å². The fourth-order valence-electron chi connectivity index (χ4n) is 0.227. The zero-order chi connectivity index (χ0) is 17.0. The second-order valence-corrected chi connectivity index (χ2v) is 6.23. The Morgan fingerprint density at radius 1 is 0.550 bits per heavy atom. The minimum atomic E-state index is -4.64. The van der Waals surface area contributed by atoms with Gasteiger partial charge in [0.1, 0.15) is 0 Å². The number of rotatable bonds is 0. The van der Waals surface area contributed by atoms with Crippen molar-refractivity contribution in [2.45, 2.75) is 0 Å². The van der Waals surface area contributed by atoms with Crippen molar-refractivity contribution < 1.29 is 57.7 Å². The summed E-state index contributed by atoms with van der Waals surface area (Å²) >= 11 is 1.71. The highest BCUT2D eigenvalue weighted by molar-refractivity contribution is 7.45. The first-order valence-corrected chi connectivity index (χ1v) is 9.46. The van der Waals surface area contributed by atoms with E-state index in [1.54, 1.807) is 11.3 Å². The molecule has 12 nitrogen and oxygen atoms in total. The van der Waals surface area contributed by atoms with E-state index < -0.39 is 23.5 Å². The molecule has 0 aromatic carbocycles. The van der Waals surface area contributed by atoms with Crippen LogP contribution in [0.15, 0.2) is 22.9 Å². The third-order valence-electron chi connectivity index (χ3n) is 0.425. The molecule has 16 heteroatoms. The molecule has 0 fully saturated rings. The van der Waals surface area contributed by atoms with Gasteiger partial charge in [-0.25, -0.2) is 13.7 Å². The molecule has 0 amide bonds. The van der Waals surface area contributed by atoms with Gasteiger partial charge < -0.3 is 44.0 Å². The Kier molecular flexibility index (Phi) is 14.6. The van der Waals surface area contributed by atoms with E-state index in [9.17, 15) is 0 Å². The van der Waals surface area contributed by atoms with Crippen LogP contribution >= 0.6 is 34.8 Å². The molecule has 0 atom stereocenters. The molecule has 9 N–H and O–H groups in total. The predicted molar refractivity (Wildman–Crippen MR) is 67.1 cm³/mol. The van der Waals surface area contributed by atoms with E-state index in [0.29, 0.717) is 0 Å². The van der Waals surface area contributed by atoms with Gasteiger partial charge in [-0.1, -0.05) is 12.1 Å². The van der Waals surface area contributed by atoms with Gasteiger partial charge in [-0.05, 0) is 10.8 Å². The van der Waals surface area contributed by atoms with E-state index >= 15 is 0 Å². The van der Waals surface area contributed by atoms with E-state index in [-0.39, 0.29) is 0 Å². The van der Waals surface area contributed by atoms with Crippen LogP contribution in [0.3, 0.4) is 0 Å². The summed E-state index contributed by atoms with van der Waals surface area (Å²) in [6.07, 6.45) is 0. The van der Waals surface area contributed by atoms with Crippen molar-refractivity contribution in [3.63, 3.8) is 0 Å². The lowest BCUT2D eigenvalue weighted by Gasteiger charge is -1.82. The van der Waals surface area contributed by atoms with Gasteiger partial charge in [-0.15, -0.1) is 0 Å². The molecule has 1 aromatic heterocycles. The van der Waals surface area contributed by atoms with Crippen LogP contribution < -0.4 is 0 Å². The maximum atomic E-state index is 8.88. The van der Waals surface area contributed by atoms with E-state index in [2.05, 4.69) is 0 Å². The summed E-state index contributed by atoms with van der Waals surface area (Å²) in [5.74, 6) is 0. The number of phosphoric acid groups is 3. The lowest BCUT2D eigenvalue weighted by molar-refractivity contribution is 0.272.